The number of hydrogen-bond donors (Lipinski definition) is 1. The van der Waals surface area contributed by atoms with Crippen LogP contribution in [0.2, 0.25) is 0 Å². The molecular weight excluding hydrogens is 266 g/mol. The number of nitrogens with two attached hydrogens (primary N) is 1. The first-order chi connectivity index (χ1) is 8.50. The van der Waals surface area contributed by atoms with Gasteiger partial charge in [-0.3, -0.25) is 0 Å². The molecule has 0 radical (unpaired) electrons. The van der Waals surface area contributed by atoms with Gasteiger partial charge in [-0.1, -0.05) is 24.3 Å². The van der Waals surface area contributed by atoms with Gasteiger partial charge in [0.25, 0.3) is 0 Å². The molecule has 5 heteroatoms. The molecule has 2 N–H and O–H groups in total. The third kappa shape index (κ3) is 2.93. The van der Waals surface area contributed by atoms with E-state index in [1.54, 1.807) is 23.9 Å². The predicted molar refractivity (Wildman–Crippen MR) is 75.0 cm³/mol. The topological polar surface area (TPSA) is 60.2 Å². The Morgan fingerprint density at radius 2 is 1.33 bits per heavy atom. The summed E-state index contributed by atoms with van der Waals surface area (Å²) in [6.07, 6.45) is 2.02. The molecule has 0 fully saturated rings. The van der Waals surface area contributed by atoms with Crippen molar-refractivity contribution in [1.29, 1.82) is 0 Å². The number of primary sulfonamides is 1. The van der Waals surface area contributed by atoms with Crippen LogP contribution in [-0.2, 0) is 10.0 Å². The summed E-state index contributed by atoms with van der Waals surface area (Å²) in [7, 11) is -3.62. The van der Waals surface area contributed by atoms with Gasteiger partial charge in [-0.05, 0) is 41.6 Å². The summed E-state index contributed by atoms with van der Waals surface area (Å²) in [5.41, 5.74) is 2.02. The lowest BCUT2D eigenvalue weighted by molar-refractivity contribution is 0.598. The van der Waals surface area contributed by atoms with Gasteiger partial charge in [-0.25, -0.2) is 13.6 Å². The molecule has 3 nitrogen and oxygen atoms in total. The van der Waals surface area contributed by atoms with E-state index in [1.165, 1.54) is 17.0 Å². The van der Waals surface area contributed by atoms with Crippen molar-refractivity contribution in [2.75, 3.05) is 6.26 Å². The molecule has 0 aliphatic rings. The van der Waals surface area contributed by atoms with Gasteiger partial charge in [-0.15, -0.1) is 11.8 Å². The molecule has 0 atom stereocenters. The monoisotopic (exact) mass is 279 g/mol. The summed E-state index contributed by atoms with van der Waals surface area (Å²) >= 11 is 1.68. The zero-order valence-corrected chi connectivity index (χ0v) is 11.5. The van der Waals surface area contributed by atoms with Crippen molar-refractivity contribution in [3.8, 4) is 11.1 Å². The van der Waals surface area contributed by atoms with E-state index in [4.69, 9.17) is 5.14 Å². The Labute approximate surface area is 111 Å². The van der Waals surface area contributed by atoms with E-state index in [0.717, 1.165) is 11.1 Å². The standard InChI is InChI=1S/C13H13NO2S2/c1-17-12-6-2-10(3-7-12)11-4-8-13(9-5-11)18(14,15)16/h2-9H,1H3,(H2,14,15,16). The summed E-state index contributed by atoms with van der Waals surface area (Å²) in [4.78, 5) is 1.33. The zero-order chi connectivity index (χ0) is 13.2. The zero-order valence-electron chi connectivity index (χ0n) is 9.83. The maximum absolute atomic E-state index is 11.1. The Bertz CT molecular complexity index is 632. The van der Waals surface area contributed by atoms with Crippen molar-refractivity contribution in [2.24, 2.45) is 5.14 Å². The summed E-state index contributed by atoms with van der Waals surface area (Å²) in [5.74, 6) is 0. The van der Waals surface area contributed by atoms with E-state index in [-0.39, 0.29) is 4.90 Å². The highest BCUT2D eigenvalue weighted by atomic mass is 32.2. The first-order valence-electron chi connectivity index (χ1n) is 5.28. The van der Waals surface area contributed by atoms with Crippen LogP contribution < -0.4 is 5.14 Å². The van der Waals surface area contributed by atoms with Crippen LogP contribution in [0.3, 0.4) is 0 Å². The fourth-order valence-corrected chi connectivity index (χ4v) is 2.54. The summed E-state index contributed by atoms with van der Waals surface area (Å²) in [6, 6.07) is 14.7. The van der Waals surface area contributed by atoms with Crippen molar-refractivity contribution in [2.45, 2.75) is 9.79 Å². The predicted octanol–water partition coefficient (Wildman–Crippen LogP) is 2.72. The Kier molecular flexibility index (Phi) is 3.75. The van der Waals surface area contributed by atoms with Crippen molar-refractivity contribution < 1.29 is 8.42 Å². The minimum Gasteiger partial charge on any atom is -0.225 e. The highest BCUT2D eigenvalue weighted by molar-refractivity contribution is 7.98. The van der Waals surface area contributed by atoms with Crippen molar-refractivity contribution in [3.63, 3.8) is 0 Å². The molecule has 2 aromatic rings. The van der Waals surface area contributed by atoms with Gasteiger partial charge in [-0.2, -0.15) is 0 Å². The van der Waals surface area contributed by atoms with E-state index >= 15 is 0 Å². The quantitative estimate of drug-likeness (QED) is 0.879. The summed E-state index contributed by atoms with van der Waals surface area (Å²) in [5, 5.41) is 5.05. The van der Waals surface area contributed by atoms with Crippen molar-refractivity contribution in [3.05, 3.63) is 48.5 Å². The van der Waals surface area contributed by atoms with Crippen LogP contribution in [0.5, 0.6) is 0 Å². The number of thioether (sulfide) groups is 1. The fourth-order valence-electron chi connectivity index (χ4n) is 1.62. The van der Waals surface area contributed by atoms with Crippen LogP contribution in [0, 0.1) is 0 Å². The first kappa shape index (κ1) is 13.1. The third-order valence-corrected chi connectivity index (χ3v) is 4.28. The molecule has 0 saturated heterocycles. The highest BCUT2D eigenvalue weighted by Gasteiger charge is 2.07. The molecule has 0 aliphatic heterocycles. The van der Waals surface area contributed by atoms with Gasteiger partial charge in [0, 0.05) is 4.90 Å². The average Bonchev–Trinajstić information content (AvgIpc) is 2.38. The summed E-state index contributed by atoms with van der Waals surface area (Å²) in [6.45, 7) is 0. The molecule has 0 saturated carbocycles. The van der Waals surface area contributed by atoms with E-state index in [0.29, 0.717) is 0 Å². The van der Waals surface area contributed by atoms with Gasteiger partial charge < -0.3 is 0 Å². The van der Waals surface area contributed by atoms with E-state index in [2.05, 4.69) is 0 Å². The Hall–Kier alpha value is -1.30. The number of hydrogen-bond acceptors (Lipinski definition) is 3. The second-order valence-corrected chi connectivity index (χ2v) is 6.24. The molecule has 2 aromatic carbocycles. The maximum atomic E-state index is 11.1. The van der Waals surface area contributed by atoms with Crippen LogP contribution in [0.1, 0.15) is 0 Å². The van der Waals surface area contributed by atoms with Crippen LogP contribution in [-0.4, -0.2) is 14.7 Å². The number of sulfonamides is 1. The minimum absolute atomic E-state index is 0.131. The number of benzene rings is 2. The van der Waals surface area contributed by atoms with E-state index in [9.17, 15) is 8.42 Å². The molecule has 0 aromatic heterocycles. The molecule has 0 unspecified atom stereocenters. The lowest BCUT2D eigenvalue weighted by Gasteiger charge is -2.04. The first-order valence-corrected chi connectivity index (χ1v) is 8.05. The van der Waals surface area contributed by atoms with Crippen molar-refractivity contribution in [1.82, 2.24) is 0 Å². The average molecular weight is 279 g/mol. The molecule has 0 heterocycles. The van der Waals surface area contributed by atoms with Gasteiger partial charge in [0.05, 0.1) is 4.90 Å². The van der Waals surface area contributed by atoms with Gasteiger partial charge in [0.15, 0.2) is 0 Å². The van der Waals surface area contributed by atoms with Crippen LogP contribution in [0.25, 0.3) is 11.1 Å². The number of rotatable bonds is 3. The van der Waals surface area contributed by atoms with Crippen LogP contribution in [0.4, 0.5) is 0 Å². The van der Waals surface area contributed by atoms with Crippen LogP contribution in [0.15, 0.2) is 58.3 Å². The Balaban J connectivity index is 2.34. The van der Waals surface area contributed by atoms with E-state index in [1.807, 2.05) is 30.5 Å². The lowest BCUT2D eigenvalue weighted by Crippen LogP contribution is -2.11. The SMILES string of the molecule is CSc1ccc(-c2ccc(S(N)(=O)=O)cc2)cc1. The van der Waals surface area contributed by atoms with Gasteiger partial charge >= 0.3 is 0 Å². The molecular formula is C13H13NO2S2. The molecule has 94 valence electrons. The van der Waals surface area contributed by atoms with Gasteiger partial charge in [0.1, 0.15) is 0 Å². The third-order valence-electron chi connectivity index (χ3n) is 2.61. The summed E-state index contributed by atoms with van der Waals surface area (Å²) < 4.78 is 22.3. The minimum atomic E-state index is -3.62. The molecule has 0 bridgehead atoms. The van der Waals surface area contributed by atoms with Crippen LogP contribution >= 0.6 is 11.8 Å². The molecule has 0 spiro atoms. The van der Waals surface area contributed by atoms with Crippen molar-refractivity contribution >= 4 is 21.8 Å². The molecule has 2 rings (SSSR count). The van der Waals surface area contributed by atoms with E-state index < -0.39 is 10.0 Å². The second-order valence-electron chi connectivity index (χ2n) is 3.80. The second kappa shape index (κ2) is 5.14. The molecule has 0 amide bonds. The normalized spacial score (nSPS) is 11.4. The fraction of sp³-hybridized carbons (Fsp3) is 0.0769. The maximum Gasteiger partial charge on any atom is 0.238 e. The Morgan fingerprint density at radius 3 is 1.72 bits per heavy atom. The largest absolute Gasteiger partial charge is 0.238 e. The Morgan fingerprint density at radius 1 is 0.889 bits per heavy atom. The smallest absolute Gasteiger partial charge is 0.225 e. The molecule has 18 heavy (non-hydrogen) atoms. The lowest BCUT2D eigenvalue weighted by atomic mass is 10.1. The molecule has 0 aliphatic carbocycles. The highest BCUT2D eigenvalue weighted by Crippen LogP contribution is 2.23. The van der Waals surface area contributed by atoms with Gasteiger partial charge in [0.2, 0.25) is 10.0 Å².